The zero-order valence-corrected chi connectivity index (χ0v) is 9.88. The van der Waals surface area contributed by atoms with E-state index in [2.05, 4.69) is 20.3 Å². The largest absolute Gasteiger partial charge is 0.363 e. The van der Waals surface area contributed by atoms with Crippen LogP contribution in [0.2, 0.25) is 0 Å². The Morgan fingerprint density at radius 3 is 3.00 bits per heavy atom. The molecular formula is C10H8N4S2. The maximum absolute atomic E-state index is 4.24. The van der Waals surface area contributed by atoms with Crippen LogP contribution in [0.3, 0.4) is 0 Å². The van der Waals surface area contributed by atoms with Crippen molar-refractivity contribution in [1.29, 1.82) is 0 Å². The first-order valence-electron chi connectivity index (χ1n) is 4.74. The van der Waals surface area contributed by atoms with Gasteiger partial charge in [-0.05, 0) is 11.4 Å². The Balaban J connectivity index is 1.86. The molecule has 0 radical (unpaired) electrons. The number of anilines is 1. The second-order valence-corrected chi connectivity index (χ2v) is 5.01. The summed E-state index contributed by atoms with van der Waals surface area (Å²) in [4.78, 5) is 13.7. The van der Waals surface area contributed by atoms with Crippen molar-refractivity contribution in [3.63, 3.8) is 0 Å². The maximum atomic E-state index is 4.24. The van der Waals surface area contributed by atoms with Gasteiger partial charge in [0.15, 0.2) is 0 Å². The molecule has 0 unspecified atom stereocenters. The fourth-order valence-electron chi connectivity index (χ4n) is 1.43. The van der Waals surface area contributed by atoms with Gasteiger partial charge in [0.05, 0.1) is 11.9 Å². The second kappa shape index (κ2) is 4.15. The molecule has 3 rings (SSSR count). The minimum atomic E-state index is 0.708. The van der Waals surface area contributed by atoms with Crippen molar-refractivity contribution in [1.82, 2.24) is 15.0 Å². The van der Waals surface area contributed by atoms with Crippen LogP contribution in [-0.4, -0.2) is 15.0 Å². The summed E-state index contributed by atoms with van der Waals surface area (Å²) >= 11 is 3.26. The number of fused-ring (bicyclic) bond motifs is 1. The van der Waals surface area contributed by atoms with Crippen molar-refractivity contribution in [2.75, 3.05) is 5.32 Å². The van der Waals surface area contributed by atoms with Gasteiger partial charge in [0.1, 0.15) is 22.0 Å². The zero-order valence-electron chi connectivity index (χ0n) is 8.25. The van der Waals surface area contributed by atoms with E-state index in [1.807, 2.05) is 23.0 Å². The van der Waals surface area contributed by atoms with E-state index in [0.29, 0.717) is 6.54 Å². The van der Waals surface area contributed by atoms with Crippen molar-refractivity contribution in [2.24, 2.45) is 0 Å². The Kier molecular flexibility index (Phi) is 2.51. The predicted octanol–water partition coefficient (Wildman–Crippen LogP) is 2.76. The lowest BCUT2D eigenvalue weighted by Gasteiger charge is -2.03. The molecule has 0 amide bonds. The van der Waals surface area contributed by atoms with Gasteiger partial charge in [0.2, 0.25) is 0 Å². The van der Waals surface area contributed by atoms with Crippen LogP contribution in [0.15, 0.2) is 29.4 Å². The Bertz CT molecular complexity index is 588. The van der Waals surface area contributed by atoms with E-state index in [0.717, 1.165) is 21.0 Å². The summed E-state index contributed by atoms with van der Waals surface area (Å²) in [5.41, 5.74) is 0. The molecule has 0 aliphatic carbocycles. The van der Waals surface area contributed by atoms with E-state index < -0.39 is 0 Å². The maximum Gasteiger partial charge on any atom is 0.138 e. The summed E-state index contributed by atoms with van der Waals surface area (Å²) in [7, 11) is 0. The summed E-state index contributed by atoms with van der Waals surface area (Å²) in [6.07, 6.45) is 3.39. The molecule has 0 aliphatic rings. The molecule has 0 saturated carbocycles. The van der Waals surface area contributed by atoms with Crippen molar-refractivity contribution in [3.8, 4) is 0 Å². The Labute approximate surface area is 100 Å². The standard InChI is InChI=1S/C10H8N4S2/c1-3-16-10-7(1)9(13-6-14-10)12-5-8-11-2-4-15-8/h1-4,6H,5H2,(H,12,13,14). The van der Waals surface area contributed by atoms with Crippen LogP contribution >= 0.6 is 22.7 Å². The highest BCUT2D eigenvalue weighted by Gasteiger charge is 2.04. The normalized spacial score (nSPS) is 10.8. The van der Waals surface area contributed by atoms with Crippen LogP contribution in [0, 0.1) is 0 Å². The van der Waals surface area contributed by atoms with Crippen molar-refractivity contribution in [3.05, 3.63) is 34.4 Å². The molecule has 3 aromatic heterocycles. The summed E-state index contributed by atoms with van der Waals surface area (Å²) in [6.45, 7) is 0.708. The molecule has 0 aromatic carbocycles. The number of nitrogens with zero attached hydrogens (tertiary/aromatic N) is 3. The van der Waals surface area contributed by atoms with Crippen LogP contribution in [0.4, 0.5) is 5.82 Å². The molecule has 0 atom stereocenters. The number of thiophene rings is 1. The van der Waals surface area contributed by atoms with Gasteiger partial charge in [-0.15, -0.1) is 22.7 Å². The van der Waals surface area contributed by atoms with E-state index in [9.17, 15) is 0 Å². The molecule has 3 aromatic rings. The summed E-state index contributed by atoms with van der Waals surface area (Å²) < 4.78 is 0. The van der Waals surface area contributed by atoms with Gasteiger partial charge in [-0.2, -0.15) is 0 Å². The molecule has 0 bridgehead atoms. The Morgan fingerprint density at radius 2 is 2.12 bits per heavy atom. The number of nitrogens with one attached hydrogen (secondary N) is 1. The average Bonchev–Trinajstić information content (AvgIpc) is 2.97. The van der Waals surface area contributed by atoms with Gasteiger partial charge in [-0.1, -0.05) is 0 Å². The van der Waals surface area contributed by atoms with Crippen LogP contribution in [0.1, 0.15) is 5.01 Å². The lowest BCUT2D eigenvalue weighted by molar-refractivity contribution is 1.08. The van der Waals surface area contributed by atoms with E-state index in [4.69, 9.17) is 0 Å². The van der Waals surface area contributed by atoms with Crippen molar-refractivity contribution in [2.45, 2.75) is 6.54 Å². The molecule has 0 fully saturated rings. The second-order valence-electron chi connectivity index (χ2n) is 3.14. The van der Waals surface area contributed by atoms with E-state index >= 15 is 0 Å². The van der Waals surface area contributed by atoms with Gasteiger partial charge in [-0.25, -0.2) is 15.0 Å². The van der Waals surface area contributed by atoms with E-state index in [-0.39, 0.29) is 0 Å². The van der Waals surface area contributed by atoms with Crippen LogP contribution < -0.4 is 5.32 Å². The molecule has 80 valence electrons. The van der Waals surface area contributed by atoms with E-state index in [1.54, 1.807) is 29.0 Å². The van der Waals surface area contributed by atoms with Gasteiger partial charge in [-0.3, -0.25) is 0 Å². The van der Waals surface area contributed by atoms with Gasteiger partial charge < -0.3 is 5.32 Å². The SMILES string of the molecule is c1csc(CNc2ncnc3sccc23)n1. The first-order chi connectivity index (χ1) is 7.93. The number of thiazole rings is 1. The Hall–Kier alpha value is -1.53. The zero-order chi connectivity index (χ0) is 10.8. The molecule has 1 N–H and O–H groups in total. The number of aromatic nitrogens is 3. The van der Waals surface area contributed by atoms with Gasteiger partial charge in [0.25, 0.3) is 0 Å². The monoisotopic (exact) mass is 248 g/mol. The molecule has 4 nitrogen and oxygen atoms in total. The summed E-state index contributed by atoms with van der Waals surface area (Å²) in [5, 5.41) is 9.40. The van der Waals surface area contributed by atoms with Crippen LogP contribution in [-0.2, 0) is 6.54 Å². The smallest absolute Gasteiger partial charge is 0.138 e. The first-order valence-corrected chi connectivity index (χ1v) is 6.50. The summed E-state index contributed by atoms with van der Waals surface area (Å²) in [6, 6.07) is 2.03. The molecule has 0 saturated heterocycles. The minimum Gasteiger partial charge on any atom is -0.363 e. The minimum absolute atomic E-state index is 0.708. The molecular weight excluding hydrogens is 240 g/mol. The highest BCUT2D eigenvalue weighted by Crippen LogP contribution is 2.24. The summed E-state index contributed by atoms with van der Waals surface area (Å²) in [5.74, 6) is 0.876. The lowest BCUT2D eigenvalue weighted by Crippen LogP contribution is -2.01. The average molecular weight is 248 g/mol. The third-order valence-corrected chi connectivity index (χ3v) is 3.75. The fraction of sp³-hybridized carbons (Fsp3) is 0.100. The topological polar surface area (TPSA) is 50.7 Å². The third kappa shape index (κ3) is 1.77. The van der Waals surface area contributed by atoms with Gasteiger partial charge >= 0.3 is 0 Å². The number of hydrogen-bond acceptors (Lipinski definition) is 6. The Morgan fingerprint density at radius 1 is 1.12 bits per heavy atom. The number of rotatable bonds is 3. The lowest BCUT2D eigenvalue weighted by atomic mass is 10.4. The highest BCUT2D eigenvalue weighted by molar-refractivity contribution is 7.16. The van der Waals surface area contributed by atoms with Gasteiger partial charge in [0, 0.05) is 11.6 Å². The van der Waals surface area contributed by atoms with Crippen molar-refractivity contribution < 1.29 is 0 Å². The molecule has 3 heterocycles. The fourth-order valence-corrected chi connectivity index (χ4v) is 2.72. The molecule has 16 heavy (non-hydrogen) atoms. The molecule has 0 aliphatic heterocycles. The number of hydrogen-bond donors (Lipinski definition) is 1. The molecule has 0 spiro atoms. The molecule has 6 heteroatoms. The highest BCUT2D eigenvalue weighted by atomic mass is 32.1. The van der Waals surface area contributed by atoms with Crippen LogP contribution in [0.25, 0.3) is 10.2 Å². The third-order valence-electron chi connectivity index (χ3n) is 2.15. The van der Waals surface area contributed by atoms with Crippen LogP contribution in [0.5, 0.6) is 0 Å². The predicted molar refractivity (Wildman–Crippen MR) is 66.9 cm³/mol. The van der Waals surface area contributed by atoms with E-state index in [1.165, 1.54) is 0 Å². The quantitative estimate of drug-likeness (QED) is 0.774. The first kappa shape index (κ1) is 9.68. The van der Waals surface area contributed by atoms with Crippen molar-refractivity contribution >= 4 is 38.7 Å².